The first kappa shape index (κ1) is 24.8. The van der Waals surface area contributed by atoms with Gasteiger partial charge in [0.1, 0.15) is 5.82 Å². The van der Waals surface area contributed by atoms with Crippen LogP contribution in [0, 0.1) is 5.82 Å². The molecule has 1 amide bonds. The molecule has 4 rings (SSSR count). The van der Waals surface area contributed by atoms with Crippen LogP contribution in [0.15, 0.2) is 77.7 Å². The summed E-state index contributed by atoms with van der Waals surface area (Å²) < 4.78 is 40.6. The molecule has 0 aliphatic carbocycles. The van der Waals surface area contributed by atoms with Crippen molar-refractivity contribution in [1.29, 1.82) is 0 Å². The summed E-state index contributed by atoms with van der Waals surface area (Å²) in [5.74, 6) is -0.741. The van der Waals surface area contributed by atoms with Crippen molar-refractivity contribution in [3.63, 3.8) is 0 Å². The lowest BCUT2D eigenvalue weighted by Crippen LogP contribution is -2.43. The Hall–Kier alpha value is -3.27. The van der Waals surface area contributed by atoms with Gasteiger partial charge in [-0.25, -0.2) is 12.8 Å². The maximum atomic E-state index is 13.0. The summed E-state index contributed by atoms with van der Waals surface area (Å²) >= 11 is 0. The number of hydrogen-bond donors (Lipinski definition) is 2. The molecule has 1 aliphatic rings. The van der Waals surface area contributed by atoms with Gasteiger partial charge in [-0.15, -0.1) is 0 Å². The minimum Gasteiger partial charge on any atom is -0.348 e. The maximum Gasteiger partial charge on any atom is 0.261 e. The SMILES string of the molecule is CN1CCN(Cc2cccc(CNC(=O)c3ccc(S(=O)(=O)Nc4ccc(F)cc4)cc3)c2)CC1. The molecule has 3 aromatic carbocycles. The number of hydrogen-bond acceptors (Lipinski definition) is 5. The highest BCUT2D eigenvalue weighted by Crippen LogP contribution is 2.17. The van der Waals surface area contributed by atoms with E-state index >= 15 is 0 Å². The molecule has 184 valence electrons. The van der Waals surface area contributed by atoms with Gasteiger partial charge in [0.05, 0.1) is 4.90 Å². The van der Waals surface area contributed by atoms with Crippen molar-refractivity contribution in [3.05, 3.63) is 95.3 Å². The third-order valence-electron chi connectivity index (χ3n) is 5.97. The Balaban J connectivity index is 1.33. The fourth-order valence-electron chi connectivity index (χ4n) is 3.90. The number of benzene rings is 3. The van der Waals surface area contributed by atoms with Gasteiger partial charge >= 0.3 is 0 Å². The maximum absolute atomic E-state index is 13.0. The standard InChI is InChI=1S/C26H29FN4O3S/c1-30-13-15-31(16-14-30)19-21-4-2-3-20(17-21)18-28-26(32)22-5-11-25(12-6-22)35(33,34)29-24-9-7-23(27)8-10-24/h2-12,17,29H,13-16,18-19H2,1H3,(H,28,32). The normalized spacial score (nSPS) is 15.0. The number of carbonyl (C=O) groups excluding carboxylic acids is 1. The van der Waals surface area contributed by atoms with Crippen molar-refractivity contribution in [2.45, 2.75) is 18.0 Å². The Bertz CT molecular complexity index is 1260. The molecule has 1 heterocycles. The monoisotopic (exact) mass is 496 g/mol. The number of nitrogens with zero attached hydrogens (tertiary/aromatic N) is 2. The Labute approximate surface area is 205 Å². The van der Waals surface area contributed by atoms with E-state index < -0.39 is 15.8 Å². The second-order valence-electron chi connectivity index (χ2n) is 8.72. The molecule has 0 bridgehead atoms. The van der Waals surface area contributed by atoms with Crippen LogP contribution in [0.5, 0.6) is 0 Å². The topological polar surface area (TPSA) is 81.8 Å². The lowest BCUT2D eigenvalue weighted by atomic mass is 10.1. The molecule has 0 saturated carbocycles. The van der Waals surface area contributed by atoms with E-state index in [0.717, 1.165) is 38.3 Å². The molecule has 0 unspecified atom stereocenters. The Morgan fingerprint density at radius 2 is 1.57 bits per heavy atom. The highest BCUT2D eigenvalue weighted by atomic mass is 32.2. The van der Waals surface area contributed by atoms with Crippen molar-refractivity contribution < 1.29 is 17.6 Å². The van der Waals surface area contributed by atoms with Gasteiger partial charge in [0.25, 0.3) is 15.9 Å². The van der Waals surface area contributed by atoms with Crippen LogP contribution in [-0.2, 0) is 23.1 Å². The van der Waals surface area contributed by atoms with E-state index in [0.29, 0.717) is 12.1 Å². The van der Waals surface area contributed by atoms with E-state index in [-0.39, 0.29) is 16.5 Å². The van der Waals surface area contributed by atoms with Crippen molar-refractivity contribution in [2.75, 3.05) is 37.9 Å². The number of nitrogens with one attached hydrogen (secondary N) is 2. The van der Waals surface area contributed by atoms with Crippen LogP contribution >= 0.6 is 0 Å². The van der Waals surface area contributed by atoms with Crippen LogP contribution < -0.4 is 10.0 Å². The minimum absolute atomic E-state index is 0.00924. The van der Waals surface area contributed by atoms with Crippen molar-refractivity contribution >= 4 is 21.6 Å². The van der Waals surface area contributed by atoms with Gasteiger partial charge in [-0.1, -0.05) is 24.3 Å². The highest BCUT2D eigenvalue weighted by molar-refractivity contribution is 7.92. The lowest BCUT2D eigenvalue weighted by Gasteiger charge is -2.32. The van der Waals surface area contributed by atoms with Crippen molar-refractivity contribution in [2.24, 2.45) is 0 Å². The number of halogens is 1. The quantitative estimate of drug-likeness (QED) is 0.500. The van der Waals surface area contributed by atoms with Gasteiger partial charge in [0.2, 0.25) is 0 Å². The average Bonchev–Trinajstić information content (AvgIpc) is 2.86. The van der Waals surface area contributed by atoms with Crippen LogP contribution in [0.3, 0.4) is 0 Å². The van der Waals surface area contributed by atoms with Crippen LogP contribution in [0.4, 0.5) is 10.1 Å². The molecule has 0 aromatic heterocycles. The zero-order chi connectivity index (χ0) is 24.8. The first-order valence-corrected chi connectivity index (χ1v) is 12.9. The third kappa shape index (κ3) is 6.88. The number of sulfonamides is 1. The van der Waals surface area contributed by atoms with Crippen LogP contribution in [0.25, 0.3) is 0 Å². The predicted molar refractivity (Wildman–Crippen MR) is 134 cm³/mol. The van der Waals surface area contributed by atoms with E-state index in [2.05, 4.69) is 39.0 Å². The summed E-state index contributed by atoms with van der Waals surface area (Å²) in [7, 11) is -1.72. The van der Waals surface area contributed by atoms with E-state index in [1.54, 1.807) is 0 Å². The smallest absolute Gasteiger partial charge is 0.261 e. The molecule has 3 aromatic rings. The third-order valence-corrected chi connectivity index (χ3v) is 7.37. The zero-order valence-corrected chi connectivity index (χ0v) is 20.4. The van der Waals surface area contributed by atoms with Gasteiger partial charge in [-0.2, -0.15) is 0 Å². The largest absolute Gasteiger partial charge is 0.348 e. The Kier molecular flexibility index (Phi) is 7.80. The number of likely N-dealkylation sites (N-methyl/N-ethyl adjacent to an activating group) is 1. The second kappa shape index (κ2) is 11.0. The van der Waals surface area contributed by atoms with E-state index in [9.17, 15) is 17.6 Å². The molecule has 1 saturated heterocycles. The van der Waals surface area contributed by atoms with E-state index in [1.807, 2.05) is 12.1 Å². The summed E-state index contributed by atoms with van der Waals surface area (Å²) in [5.41, 5.74) is 2.83. The van der Waals surface area contributed by atoms with E-state index in [4.69, 9.17) is 0 Å². The van der Waals surface area contributed by atoms with Crippen LogP contribution in [-0.4, -0.2) is 57.4 Å². The van der Waals surface area contributed by atoms with Crippen LogP contribution in [0.1, 0.15) is 21.5 Å². The lowest BCUT2D eigenvalue weighted by molar-refractivity contribution is 0.0950. The number of piperazine rings is 1. The summed E-state index contributed by atoms with van der Waals surface area (Å²) in [6.07, 6.45) is 0. The molecular formula is C26H29FN4O3S. The van der Waals surface area contributed by atoms with Gasteiger partial charge in [0.15, 0.2) is 0 Å². The second-order valence-corrected chi connectivity index (χ2v) is 10.4. The van der Waals surface area contributed by atoms with Crippen molar-refractivity contribution in [1.82, 2.24) is 15.1 Å². The molecule has 1 aliphatic heterocycles. The molecule has 7 nitrogen and oxygen atoms in total. The predicted octanol–water partition coefficient (Wildman–Crippen LogP) is 3.30. The summed E-state index contributed by atoms with van der Waals surface area (Å²) in [5, 5.41) is 2.90. The van der Waals surface area contributed by atoms with Gasteiger partial charge in [-0.05, 0) is 66.7 Å². The molecule has 0 spiro atoms. The number of rotatable bonds is 8. The minimum atomic E-state index is -3.85. The van der Waals surface area contributed by atoms with E-state index in [1.165, 1.54) is 54.1 Å². The Morgan fingerprint density at radius 3 is 2.26 bits per heavy atom. The molecule has 2 N–H and O–H groups in total. The fourth-order valence-corrected chi connectivity index (χ4v) is 4.96. The molecule has 9 heteroatoms. The first-order chi connectivity index (χ1) is 16.8. The number of carbonyl (C=O) groups is 1. The first-order valence-electron chi connectivity index (χ1n) is 11.4. The average molecular weight is 497 g/mol. The summed E-state index contributed by atoms with van der Waals surface area (Å²) in [4.78, 5) is 17.4. The number of amides is 1. The molecular weight excluding hydrogens is 467 g/mol. The summed E-state index contributed by atoms with van der Waals surface area (Å²) in [6, 6.07) is 18.9. The highest BCUT2D eigenvalue weighted by Gasteiger charge is 2.16. The Morgan fingerprint density at radius 1 is 0.914 bits per heavy atom. The van der Waals surface area contributed by atoms with Crippen molar-refractivity contribution in [3.8, 4) is 0 Å². The van der Waals surface area contributed by atoms with Gasteiger partial charge in [-0.3, -0.25) is 14.4 Å². The molecule has 0 atom stereocenters. The molecule has 1 fully saturated rings. The number of anilines is 1. The fraction of sp³-hybridized carbons (Fsp3) is 0.269. The molecule has 0 radical (unpaired) electrons. The molecule has 35 heavy (non-hydrogen) atoms. The summed E-state index contributed by atoms with van der Waals surface area (Å²) in [6.45, 7) is 5.49. The van der Waals surface area contributed by atoms with Gasteiger partial charge < -0.3 is 10.2 Å². The zero-order valence-electron chi connectivity index (χ0n) is 19.6. The van der Waals surface area contributed by atoms with Crippen LogP contribution in [0.2, 0.25) is 0 Å². The van der Waals surface area contributed by atoms with Gasteiger partial charge in [0, 0.05) is 50.5 Å².